The van der Waals surface area contributed by atoms with E-state index in [1.165, 1.54) is 6.07 Å². The van der Waals surface area contributed by atoms with E-state index in [2.05, 4.69) is 5.32 Å². The number of amides is 1. The monoisotopic (exact) mass is 318 g/mol. The van der Waals surface area contributed by atoms with E-state index in [0.29, 0.717) is 13.0 Å². The van der Waals surface area contributed by atoms with Crippen molar-refractivity contribution in [2.24, 2.45) is 11.1 Å². The Kier molecular flexibility index (Phi) is 4.48. The minimum Gasteiger partial charge on any atom is -0.378 e. The highest BCUT2D eigenvalue weighted by atomic mass is 32.2. The lowest BCUT2D eigenvalue weighted by molar-refractivity contribution is -0.127. The molecule has 1 fully saturated rings. The Labute approximate surface area is 122 Å². The van der Waals surface area contributed by atoms with E-state index in [1.807, 2.05) is 13.8 Å². The van der Waals surface area contributed by atoms with Crippen LogP contribution in [0.4, 0.5) is 0 Å². The van der Waals surface area contributed by atoms with Crippen LogP contribution in [0.3, 0.4) is 0 Å². The molecule has 0 spiro atoms. The minimum atomic E-state index is -3.68. The van der Waals surface area contributed by atoms with Crippen LogP contribution in [-0.2, 0) is 19.6 Å². The Bertz CT molecular complexity index is 596. The van der Waals surface area contributed by atoms with Crippen LogP contribution in [0.25, 0.3) is 0 Å². The molecule has 20 heavy (non-hydrogen) atoms. The van der Waals surface area contributed by atoms with Crippen LogP contribution in [0.2, 0.25) is 0 Å². The summed E-state index contributed by atoms with van der Waals surface area (Å²) in [5.74, 6) is -0.205. The van der Waals surface area contributed by atoms with Crippen LogP contribution in [0, 0.1) is 5.92 Å². The molecule has 2 heterocycles. The summed E-state index contributed by atoms with van der Waals surface area (Å²) in [6.07, 6.45) is 0.637. The molecular formula is C12H18N2O4S2. The molecule has 0 aromatic carbocycles. The Morgan fingerprint density at radius 1 is 1.55 bits per heavy atom. The number of rotatable bonds is 4. The maximum absolute atomic E-state index is 12.1. The Morgan fingerprint density at radius 3 is 2.75 bits per heavy atom. The predicted octanol–water partition coefficient (Wildman–Crippen LogP) is 0.998. The molecule has 1 saturated heterocycles. The molecule has 112 valence electrons. The fourth-order valence-electron chi connectivity index (χ4n) is 2.19. The molecular weight excluding hydrogens is 300 g/mol. The minimum absolute atomic E-state index is 0.0620. The normalized spacial score (nSPS) is 24.6. The van der Waals surface area contributed by atoms with Crippen molar-refractivity contribution in [1.82, 2.24) is 5.32 Å². The number of nitrogens with two attached hydrogens (primary N) is 1. The number of nitrogens with one attached hydrogen (secondary N) is 1. The first-order valence-corrected chi connectivity index (χ1v) is 8.70. The first-order valence-electron chi connectivity index (χ1n) is 6.33. The van der Waals surface area contributed by atoms with Gasteiger partial charge in [0.25, 0.3) is 0 Å². The van der Waals surface area contributed by atoms with Crippen LogP contribution in [0.1, 0.15) is 31.2 Å². The number of carbonyl (C=O) groups is 1. The maximum Gasteiger partial charge on any atom is 0.247 e. The number of carbonyl (C=O) groups excluding carboxylic acids is 1. The molecule has 6 nitrogen and oxygen atoms in total. The van der Waals surface area contributed by atoms with Crippen LogP contribution < -0.4 is 10.5 Å². The molecule has 1 aliphatic rings. The molecule has 2 rings (SSSR count). The van der Waals surface area contributed by atoms with Crippen molar-refractivity contribution in [2.45, 2.75) is 36.6 Å². The Balaban J connectivity index is 2.03. The average molecular weight is 318 g/mol. The molecule has 3 unspecified atom stereocenters. The summed E-state index contributed by atoms with van der Waals surface area (Å²) in [5, 5.41) is 7.96. The molecule has 0 radical (unpaired) electrons. The summed E-state index contributed by atoms with van der Waals surface area (Å²) in [7, 11) is -3.68. The van der Waals surface area contributed by atoms with Gasteiger partial charge in [-0.05, 0) is 32.4 Å². The molecule has 8 heteroatoms. The predicted molar refractivity (Wildman–Crippen MR) is 75.8 cm³/mol. The zero-order chi connectivity index (χ0) is 14.9. The number of primary sulfonamides is 1. The van der Waals surface area contributed by atoms with Gasteiger partial charge in [0.1, 0.15) is 4.21 Å². The molecule has 1 aromatic rings. The van der Waals surface area contributed by atoms with Gasteiger partial charge in [0, 0.05) is 11.5 Å². The first kappa shape index (κ1) is 15.4. The lowest BCUT2D eigenvalue weighted by atomic mass is 10.0. The molecule has 0 saturated carbocycles. The topological polar surface area (TPSA) is 98.5 Å². The second-order valence-electron chi connectivity index (χ2n) is 4.90. The summed E-state index contributed by atoms with van der Waals surface area (Å²) in [5.41, 5.74) is 0. The summed E-state index contributed by atoms with van der Waals surface area (Å²) < 4.78 is 27.9. The molecule has 0 aliphatic carbocycles. The summed E-state index contributed by atoms with van der Waals surface area (Å²) in [6, 6.07) is 2.87. The van der Waals surface area contributed by atoms with Gasteiger partial charge in [-0.3, -0.25) is 4.79 Å². The molecule has 1 amide bonds. The van der Waals surface area contributed by atoms with Crippen molar-refractivity contribution in [1.29, 1.82) is 0 Å². The van der Waals surface area contributed by atoms with E-state index in [1.54, 1.807) is 6.07 Å². The summed E-state index contributed by atoms with van der Waals surface area (Å²) >= 11 is 1.07. The third kappa shape index (κ3) is 3.38. The lowest BCUT2D eigenvalue weighted by Gasteiger charge is -2.18. The van der Waals surface area contributed by atoms with Gasteiger partial charge in [0.05, 0.1) is 18.1 Å². The first-order chi connectivity index (χ1) is 9.29. The quantitative estimate of drug-likeness (QED) is 0.865. The van der Waals surface area contributed by atoms with Crippen LogP contribution in [0.15, 0.2) is 16.3 Å². The van der Waals surface area contributed by atoms with Gasteiger partial charge in [0.2, 0.25) is 15.9 Å². The molecule has 1 aromatic heterocycles. The second kappa shape index (κ2) is 5.80. The fourth-order valence-corrected chi connectivity index (χ4v) is 3.94. The molecule has 3 atom stereocenters. The fraction of sp³-hybridized carbons (Fsp3) is 0.583. The van der Waals surface area contributed by atoms with Crippen molar-refractivity contribution < 1.29 is 17.9 Å². The SMILES string of the molecule is CC(NC(=O)C1CCOC1C)c1ccc(S(N)(=O)=O)s1. The van der Waals surface area contributed by atoms with E-state index < -0.39 is 10.0 Å². The van der Waals surface area contributed by atoms with Crippen molar-refractivity contribution in [3.8, 4) is 0 Å². The van der Waals surface area contributed by atoms with Crippen molar-refractivity contribution in [3.63, 3.8) is 0 Å². The van der Waals surface area contributed by atoms with Gasteiger partial charge in [-0.25, -0.2) is 13.6 Å². The highest BCUT2D eigenvalue weighted by Gasteiger charge is 2.31. The summed E-state index contributed by atoms with van der Waals surface area (Å²) in [6.45, 7) is 4.30. The highest BCUT2D eigenvalue weighted by Crippen LogP contribution is 2.27. The smallest absolute Gasteiger partial charge is 0.247 e. The zero-order valence-electron chi connectivity index (χ0n) is 11.3. The standard InChI is InChI=1S/C12H18N2O4S2/c1-7(10-3-4-11(19-10)20(13,16)17)14-12(15)9-5-6-18-8(9)2/h3-4,7-9H,5-6H2,1-2H3,(H,14,15)(H2,13,16,17). The van der Waals surface area contributed by atoms with Crippen molar-refractivity contribution in [3.05, 3.63) is 17.0 Å². The zero-order valence-corrected chi connectivity index (χ0v) is 13.0. The Hall–Kier alpha value is -0.960. The van der Waals surface area contributed by atoms with E-state index in [0.717, 1.165) is 16.2 Å². The van der Waals surface area contributed by atoms with Gasteiger partial charge in [-0.15, -0.1) is 11.3 Å². The summed E-state index contributed by atoms with van der Waals surface area (Å²) in [4.78, 5) is 12.9. The van der Waals surface area contributed by atoms with Gasteiger partial charge in [-0.2, -0.15) is 0 Å². The molecule has 0 bridgehead atoms. The second-order valence-corrected chi connectivity index (χ2v) is 7.81. The van der Waals surface area contributed by atoms with Gasteiger partial charge >= 0.3 is 0 Å². The van der Waals surface area contributed by atoms with E-state index in [-0.39, 0.29) is 28.2 Å². The molecule has 3 N–H and O–H groups in total. The van der Waals surface area contributed by atoms with Crippen LogP contribution in [-0.4, -0.2) is 27.0 Å². The van der Waals surface area contributed by atoms with Crippen molar-refractivity contribution >= 4 is 27.3 Å². The van der Waals surface area contributed by atoms with Gasteiger partial charge in [-0.1, -0.05) is 0 Å². The van der Waals surface area contributed by atoms with Crippen molar-refractivity contribution in [2.75, 3.05) is 6.61 Å². The number of thiophene rings is 1. The highest BCUT2D eigenvalue weighted by molar-refractivity contribution is 7.91. The van der Waals surface area contributed by atoms with E-state index in [9.17, 15) is 13.2 Å². The average Bonchev–Trinajstić information content (AvgIpc) is 2.95. The maximum atomic E-state index is 12.1. The van der Waals surface area contributed by atoms with Crippen LogP contribution in [0.5, 0.6) is 0 Å². The number of hydrogen-bond donors (Lipinski definition) is 2. The Morgan fingerprint density at radius 2 is 2.25 bits per heavy atom. The number of ether oxygens (including phenoxy) is 1. The third-order valence-corrected chi connectivity index (χ3v) is 6.09. The number of hydrogen-bond acceptors (Lipinski definition) is 5. The number of sulfonamides is 1. The lowest BCUT2D eigenvalue weighted by Crippen LogP contribution is -2.35. The van der Waals surface area contributed by atoms with Crippen LogP contribution >= 0.6 is 11.3 Å². The van der Waals surface area contributed by atoms with E-state index in [4.69, 9.17) is 9.88 Å². The van der Waals surface area contributed by atoms with Gasteiger partial charge < -0.3 is 10.1 Å². The van der Waals surface area contributed by atoms with Gasteiger partial charge in [0.15, 0.2) is 0 Å². The molecule has 1 aliphatic heterocycles. The third-order valence-electron chi connectivity index (χ3n) is 3.38. The largest absolute Gasteiger partial charge is 0.378 e. The van der Waals surface area contributed by atoms with E-state index >= 15 is 0 Å².